The first-order chi connectivity index (χ1) is 15.2. The van der Waals surface area contributed by atoms with Gasteiger partial charge < -0.3 is 15.5 Å². The van der Waals surface area contributed by atoms with Crippen molar-refractivity contribution in [2.24, 2.45) is 0 Å². The first-order valence-electron chi connectivity index (χ1n) is 9.40. The molecule has 0 aliphatic carbocycles. The van der Waals surface area contributed by atoms with Crippen LogP contribution in [0.4, 0.5) is 36.4 Å². The van der Waals surface area contributed by atoms with E-state index < -0.39 is 17.8 Å². The standard InChI is InChI=1S/C20H15Cl2F3N6O/c21-12-3-1-4-13(22)17(12)18(32)27-11-5-6-26-15(9-11)29-16-10-14(20(23,24)25)28-19(30-16)31-7-2-8-31/h1,3-6,9-10H,2,7-8H2,(H2,26,27,28,29,30,32). The molecule has 3 aromatic rings. The molecule has 0 atom stereocenters. The maximum absolute atomic E-state index is 13.3. The first-order valence-corrected chi connectivity index (χ1v) is 10.2. The second kappa shape index (κ2) is 8.79. The average Bonchev–Trinajstić information content (AvgIpc) is 2.66. The second-order valence-corrected chi connectivity index (χ2v) is 7.70. The molecule has 166 valence electrons. The molecular weight excluding hydrogens is 468 g/mol. The van der Waals surface area contributed by atoms with E-state index in [0.717, 1.165) is 12.5 Å². The van der Waals surface area contributed by atoms with Gasteiger partial charge in [0.2, 0.25) is 5.95 Å². The molecule has 3 heterocycles. The van der Waals surface area contributed by atoms with Crippen LogP contribution in [0, 0.1) is 0 Å². The van der Waals surface area contributed by atoms with Crippen molar-refractivity contribution >= 4 is 52.4 Å². The molecule has 2 aromatic heterocycles. The zero-order valence-electron chi connectivity index (χ0n) is 16.2. The molecule has 0 radical (unpaired) electrons. The van der Waals surface area contributed by atoms with E-state index in [0.29, 0.717) is 18.8 Å². The summed E-state index contributed by atoms with van der Waals surface area (Å²) in [5, 5.41) is 5.75. The Balaban J connectivity index is 1.57. The van der Waals surface area contributed by atoms with Crippen LogP contribution in [0.2, 0.25) is 10.0 Å². The lowest BCUT2D eigenvalue weighted by Gasteiger charge is -2.31. The Kier molecular flexibility index (Phi) is 6.07. The van der Waals surface area contributed by atoms with E-state index in [1.807, 2.05) is 0 Å². The van der Waals surface area contributed by atoms with Gasteiger partial charge in [-0.2, -0.15) is 18.2 Å². The fourth-order valence-corrected chi connectivity index (χ4v) is 3.49. The van der Waals surface area contributed by atoms with Crippen molar-refractivity contribution in [3.05, 3.63) is 63.9 Å². The van der Waals surface area contributed by atoms with Crippen LogP contribution in [0.1, 0.15) is 22.5 Å². The molecule has 4 rings (SSSR count). The van der Waals surface area contributed by atoms with Crippen molar-refractivity contribution in [3.8, 4) is 0 Å². The molecule has 0 unspecified atom stereocenters. The molecule has 1 aromatic carbocycles. The Morgan fingerprint density at radius 3 is 2.38 bits per heavy atom. The van der Waals surface area contributed by atoms with Gasteiger partial charge in [-0.15, -0.1) is 0 Å². The van der Waals surface area contributed by atoms with Gasteiger partial charge in [-0.3, -0.25) is 4.79 Å². The quantitative estimate of drug-likeness (QED) is 0.506. The van der Waals surface area contributed by atoms with Gasteiger partial charge in [0.05, 0.1) is 15.6 Å². The number of amides is 1. The fourth-order valence-electron chi connectivity index (χ4n) is 2.92. The third kappa shape index (κ3) is 4.86. The third-order valence-corrected chi connectivity index (χ3v) is 5.24. The summed E-state index contributed by atoms with van der Waals surface area (Å²) in [6, 6.07) is 8.44. The Hall–Kier alpha value is -3.11. The highest BCUT2D eigenvalue weighted by Gasteiger charge is 2.34. The lowest BCUT2D eigenvalue weighted by atomic mass is 10.2. The second-order valence-electron chi connectivity index (χ2n) is 6.88. The van der Waals surface area contributed by atoms with E-state index in [1.54, 1.807) is 11.0 Å². The highest BCUT2D eigenvalue weighted by atomic mass is 35.5. The van der Waals surface area contributed by atoms with Crippen LogP contribution in [0.15, 0.2) is 42.6 Å². The van der Waals surface area contributed by atoms with E-state index in [1.165, 1.54) is 30.5 Å². The molecule has 7 nitrogen and oxygen atoms in total. The van der Waals surface area contributed by atoms with E-state index >= 15 is 0 Å². The number of halogens is 5. The van der Waals surface area contributed by atoms with Crippen molar-refractivity contribution in [2.45, 2.75) is 12.6 Å². The molecule has 0 bridgehead atoms. The van der Waals surface area contributed by atoms with Crippen LogP contribution >= 0.6 is 23.2 Å². The van der Waals surface area contributed by atoms with E-state index in [2.05, 4.69) is 25.6 Å². The molecule has 1 amide bonds. The fraction of sp³-hybridized carbons (Fsp3) is 0.200. The average molecular weight is 483 g/mol. The molecule has 12 heteroatoms. The minimum absolute atomic E-state index is 0.00797. The number of carbonyl (C=O) groups excluding carboxylic acids is 1. The van der Waals surface area contributed by atoms with Gasteiger partial charge in [-0.05, 0) is 24.6 Å². The maximum Gasteiger partial charge on any atom is 0.433 e. The number of nitrogens with zero attached hydrogens (tertiary/aromatic N) is 4. The van der Waals surface area contributed by atoms with E-state index in [-0.39, 0.29) is 33.2 Å². The molecule has 0 spiro atoms. The predicted molar refractivity (Wildman–Crippen MR) is 116 cm³/mol. The highest BCUT2D eigenvalue weighted by molar-refractivity contribution is 6.40. The lowest BCUT2D eigenvalue weighted by molar-refractivity contribution is -0.141. The normalized spacial score (nSPS) is 13.5. The number of pyridine rings is 1. The maximum atomic E-state index is 13.3. The van der Waals surface area contributed by atoms with Crippen molar-refractivity contribution in [1.29, 1.82) is 0 Å². The molecule has 1 aliphatic rings. The Labute approximate surface area is 190 Å². The van der Waals surface area contributed by atoms with Gasteiger partial charge >= 0.3 is 6.18 Å². The number of aromatic nitrogens is 3. The zero-order valence-corrected chi connectivity index (χ0v) is 17.8. The Bertz CT molecular complexity index is 1150. The molecule has 0 saturated carbocycles. The summed E-state index contributed by atoms with van der Waals surface area (Å²) < 4.78 is 39.9. The van der Waals surface area contributed by atoms with Crippen LogP contribution in [-0.2, 0) is 6.18 Å². The number of hydrogen-bond donors (Lipinski definition) is 2. The van der Waals surface area contributed by atoms with Crippen molar-refractivity contribution in [2.75, 3.05) is 28.6 Å². The Morgan fingerprint density at radius 2 is 1.75 bits per heavy atom. The molecule has 1 saturated heterocycles. The minimum Gasteiger partial charge on any atom is -0.341 e. The monoisotopic (exact) mass is 482 g/mol. The summed E-state index contributed by atoms with van der Waals surface area (Å²) in [6.45, 7) is 1.18. The van der Waals surface area contributed by atoms with Gasteiger partial charge in [0, 0.05) is 37.1 Å². The highest BCUT2D eigenvalue weighted by Crippen LogP contribution is 2.32. The number of hydrogen-bond acceptors (Lipinski definition) is 6. The number of benzene rings is 1. The van der Waals surface area contributed by atoms with Gasteiger partial charge in [-0.25, -0.2) is 9.97 Å². The minimum atomic E-state index is -4.63. The summed E-state index contributed by atoms with van der Waals surface area (Å²) in [4.78, 5) is 26.1. The number of nitrogens with one attached hydrogen (secondary N) is 2. The molecule has 32 heavy (non-hydrogen) atoms. The SMILES string of the molecule is O=C(Nc1ccnc(Nc2cc(C(F)(F)F)nc(N3CCC3)n2)c1)c1c(Cl)cccc1Cl. The zero-order chi connectivity index (χ0) is 22.9. The van der Waals surface area contributed by atoms with Crippen molar-refractivity contribution in [1.82, 2.24) is 15.0 Å². The summed E-state index contributed by atoms with van der Waals surface area (Å²) in [7, 11) is 0. The molecule has 1 fully saturated rings. The van der Waals surface area contributed by atoms with Gasteiger partial charge in [0.25, 0.3) is 5.91 Å². The number of alkyl halides is 3. The van der Waals surface area contributed by atoms with Crippen LogP contribution in [0.5, 0.6) is 0 Å². The summed E-state index contributed by atoms with van der Waals surface area (Å²) in [6.07, 6.45) is -2.38. The smallest absolute Gasteiger partial charge is 0.341 e. The topological polar surface area (TPSA) is 83.0 Å². The lowest BCUT2D eigenvalue weighted by Crippen LogP contribution is -2.38. The van der Waals surface area contributed by atoms with Crippen molar-refractivity contribution < 1.29 is 18.0 Å². The first kappa shape index (κ1) is 22.1. The summed E-state index contributed by atoms with van der Waals surface area (Å²) >= 11 is 12.1. The van der Waals surface area contributed by atoms with Gasteiger partial charge in [0.1, 0.15) is 11.6 Å². The van der Waals surface area contributed by atoms with Crippen LogP contribution in [0.3, 0.4) is 0 Å². The van der Waals surface area contributed by atoms with E-state index in [9.17, 15) is 18.0 Å². The molecule has 1 aliphatic heterocycles. The van der Waals surface area contributed by atoms with Gasteiger partial charge in [-0.1, -0.05) is 29.3 Å². The van der Waals surface area contributed by atoms with Crippen molar-refractivity contribution in [3.63, 3.8) is 0 Å². The Morgan fingerprint density at radius 1 is 1.03 bits per heavy atom. The van der Waals surface area contributed by atoms with Crippen LogP contribution in [0.25, 0.3) is 0 Å². The van der Waals surface area contributed by atoms with E-state index in [4.69, 9.17) is 23.2 Å². The number of rotatable bonds is 5. The number of anilines is 4. The molecule has 2 N–H and O–H groups in total. The van der Waals surface area contributed by atoms with Crippen LogP contribution < -0.4 is 15.5 Å². The summed E-state index contributed by atoms with van der Waals surface area (Å²) in [5.41, 5.74) is -0.627. The number of carbonyl (C=O) groups is 1. The summed E-state index contributed by atoms with van der Waals surface area (Å²) in [5.74, 6) is -0.445. The molecular formula is C20H15Cl2F3N6O. The third-order valence-electron chi connectivity index (χ3n) is 4.61. The van der Waals surface area contributed by atoms with Crippen LogP contribution in [-0.4, -0.2) is 33.9 Å². The van der Waals surface area contributed by atoms with Gasteiger partial charge in [0.15, 0.2) is 5.69 Å². The predicted octanol–water partition coefficient (Wildman–Crippen LogP) is 5.40. The largest absolute Gasteiger partial charge is 0.433 e.